The van der Waals surface area contributed by atoms with Crippen molar-refractivity contribution in [3.05, 3.63) is 71.3 Å². The first-order valence-corrected chi connectivity index (χ1v) is 9.79. The van der Waals surface area contributed by atoms with Crippen LogP contribution < -0.4 is 10.6 Å². The third-order valence-corrected chi connectivity index (χ3v) is 4.76. The van der Waals surface area contributed by atoms with Gasteiger partial charge in [-0.05, 0) is 42.7 Å². The smallest absolute Gasteiger partial charge is 0.343 e. The average Bonchev–Trinajstić information content (AvgIpc) is 3.59. The van der Waals surface area contributed by atoms with Gasteiger partial charge >= 0.3 is 6.18 Å². The number of alkyl halides is 3. The maximum atomic E-state index is 12.7. The molecule has 1 saturated carbocycles. The van der Waals surface area contributed by atoms with Gasteiger partial charge in [-0.3, -0.25) is 14.4 Å². The molecule has 0 heterocycles. The van der Waals surface area contributed by atoms with E-state index >= 15 is 0 Å². The van der Waals surface area contributed by atoms with Gasteiger partial charge in [-0.15, -0.1) is 0 Å². The number of nitrogens with zero attached hydrogens (tertiary/aromatic N) is 1. The molecule has 0 unspecified atom stereocenters. The summed E-state index contributed by atoms with van der Waals surface area (Å²) >= 11 is 0. The summed E-state index contributed by atoms with van der Waals surface area (Å²) in [5, 5.41) is 4.44. The predicted octanol–water partition coefficient (Wildman–Crippen LogP) is 2.90. The van der Waals surface area contributed by atoms with Crippen molar-refractivity contribution in [2.24, 2.45) is 0 Å². The van der Waals surface area contributed by atoms with Gasteiger partial charge < -0.3 is 15.5 Å². The lowest BCUT2D eigenvalue weighted by Crippen LogP contribution is -2.41. The van der Waals surface area contributed by atoms with Crippen molar-refractivity contribution in [1.82, 2.24) is 15.5 Å². The largest absolute Gasteiger partial charge is 0.405 e. The summed E-state index contributed by atoms with van der Waals surface area (Å²) in [5.41, 5.74) is 1.31. The maximum Gasteiger partial charge on any atom is 0.405 e. The Morgan fingerprint density at radius 1 is 0.871 bits per heavy atom. The van der Waals surface area contributed by atoms with Gasteiger partial charge in [0, 0.05) is 23.7 Å². The van der Waals surface area contributed by atoms with Crippen LogP contribution in [0.2, 0.25) is 0 Å². The highest BCUT2D eigenvalue weighted by Crippen LogP contribution is 2.28. The number of benzene rings is 2. The fourth-order valence-corrected chi connectivity index (χ4v) is 3.00. The Hall–Kier alpha value is -3.36. The van der Waals surface area contributed by atoms with Crippen LogP contribution in [0.15, 0.2) is 54.6 Å². The zero-order valence-electron chi connectivity index (χ0n) is 16.6. The molecule has 1 aliphatic rings. The van der Waals surface area contributed by atoms with Crippen molar-refractivity contribution in [2.45, 2.75) is 31.6 Å². The van der Waals surface area contributed by atoms with Crippen LogP contribution in [0.25, 0.3) is 0 Å². The SMILES string of the molecule is O=C(NCC(=O)N(Cc1ccc(C(=O)NCC(F)(F)F)cc1)C1CC1)c1ccccc1. The number of carbonyl (C=O) groups excluding carboxylic acids is 3. The summed E-state index contributed by atoms with van der Waals surface area (Å²) in [6, 6.07) is 14.7. The zero-order valence-corrected chi connectivity index (χ0v) is 16.6. The quantitative estimate of drug-likeness (QED) is 0.672. The molecule has 0 bridgehead atoms. The molecular formula is C22H22F3N3O3. The normalized spacial score (nSPS) is 13.4. The lowest BCUT2D eigenvalue weighted by Gasteiger charge is -2.23. The van der Waals surface area contributed by atoms with Crippen LogP contribution in [0.4, 0.5) is 13.2 Å². The van der Waals surface area contributed by atoms with E-state index in [1.54, 1.807) is 47.4 Å². The lowest BCUT2D eigenvalue weighted by molar-refractivity contribution is -0.131. The van der Waals surface area contributed by atoms with Crippen LogP contribution in [-0.4, -0.2) is 47.9 Å². The Bertz CT molecular complexity index is 927. The Balaban J connectivity index is 1.55. The summed E-state index contributed by atoms with van der Waals surface area (Å²) in [4.78, 5) is 38.3. The molecule has 9 heteroatoms. The zero-order chi connectivity index (χ0) is 22.4. The molecule has 1 aliphatic carbocycles. The van der Waals surface area contributed by atoms with Crippen LogP contribution in [0.5, 0.6) is 0 Å². The molecule has 0 saturated heterocycles. The van der Waals surface area contributed by atoms with Gasteiger partial charge in [0.05, 0.1) is 6.54 Å². The number of carbonyl (C=O) groups is 3. The van der Waals surface area contributed by atoms with Crippen molar-refractivity contribution in [1.29, 1.82) is 0 Å². The molecule has 0 radical (unpaired) electrons. The first-order valence-electron chi connectivity index (χ1n) is 9.79. The minimum Gasteiger partial charge on any atom is -0.343 e. The van der Waals surface area contributed by atoms with Crippen molar-refractivity contribution >= 4 is 17.7 Å². The predicted molar refractivity (Wildman–Crippen MR) is 107 cm³/mol. The Labute approximate surface area is 177 Å². The van der Waals surface area contributed by atoms with Gasteiger partial charge in [0.15, 0.2) is 0 Å². The van der Waals surface area contributed by atoms with E-state index in [1.807, 2.05) is 5.32 Å². The Morgan fingerprint density at radius 2 is 1.45 bits per heavy atom. The summed E-state index contributed by atoms with van der Waals surface area (Å²) < 4.78 is 36.7. The fourth-order valence-electron chi connectivity index (χ4n) is 3.00. The van der Waals surface area contributed by atoms with Gasteiger partial charge in [0.25, 0.3) is 11.8 Å². The van der Waals surface area contributed by atoms with Gasteiger partial charge in [0.1, 0.15) is 6.54 Å². The van der Waals surface area contributed by atoms with Gasteiger partial charge in [-0.25, -0.2) is 0 Å². The second-order valence-corrected chi connectivity index (χ2v) is 7.30. The van der Waals surface area contributed by atoms with E-state index in [0.717, 1.165) is 18.4 Å². The lowest BCUT2D eigenvalue weighted by atomic mass is 10.1. The van der Waals surface area contributed by atoms with E-state index in [9.17, 15) is 27.6 Å². The molecule has 0 aliphatic heterocycles. The van der Waals surface area contributed by atoms with Crippen molar-refractivity contribution in [3.8, 4) is 0 Å². The van der Waals surface area contributed by atoms with E-state index in [2.05, 4.69) is 5.32 Å². The number of hydrogen-bond acceptors (Lipinski definition) is 3. The van der Waals surface area contributed by atoms with Crippen LogP contribution in [-0.2, 0) is 11.3 Å². The van der Waals surface area contributed by atoms with Gasteiger partial charge in [-0.1, -0.05) is 30.3 Å². The molecule has 164 valence electrons. The number of halogens is 3. The van der Waals surface area contributed by atoms with Crippen LogP contribution in [0, 0.1) is 0 Å². The first-order chi connectivity index (χ1) is 14.7. The number of rotatable bonds is 8. The topological polar surface area (TPSA) is 78.5 Å². The molecule has 0 aromatic heterocycles. The molecule has 6 nitrogen and oxygen atoms in total. The monoisotopic (exact) mass is 433 g/mol. The van der Waals surface area contributed by atoms with Gasteiger partial charge in [0.2, 0.25) is 5.91 Å². The summed E-state index contributed by atoms with van der Waals surface area (Å²) in [6.07, 6.45) is -2.73. The summed E-state index contributed by atoms with van der Waals surface area (Å²) in [6.45, 7) is -1.25. The van der Waals surface area contributed by atoms with E-state index in [4.69, 9.17) is 0 Å². The molecule has 31 heavy (non-hydrogen) atoms. The molecule has 3 amide bonds. The second-order valence-electron chi connectivity index (χ2n) is 7.30. The molecule has 1 fully saturated rings. The molecule has 2 aromatic carbocycles. The van der Waals surface area contributed by atoms with Crippen LogP contribution in [0.1, 0.15) is 39.1 Å². The van der Waals surface area contributed by atoms with Crippen LogP contribution in [0.3, 0.4) is 0 Å². The van der Waals surface area contributed by atoms with E-state index in [0.29, 0.717) is 5.56 Å². The number of nitrogens with one attached hydrogen (secondary N) is 2. The highest BCUT2D eigenvalue weighted by Gasteiger charge is 2.32. The summed E-state index contributed by atoms with van der Waals surface area (Å²) in [7, 11) is 0. The highest BCUT2D eigenvalue weighted by molar-refractivity contribution is 5.96. The van der Waals surface area contributed by atoms with Crippen molar-refractivity contribution < 1.29 is 27.6 Å². The summed E-state index contributed by atoms with van der Waals surface area (Å²) in [5.74, 6) is -1.37. The Morgan fingerprint density at radius 3 is 2.03 bits per heavy atom. The standard InChI is InChI=1S/C22H22F3N3O3/c23-22(24,25)14-27-21(31)17-8-6-15(7-9-17)13-28(18-10-11-18)19(29)12-26-20(30)16-4-2-1-3-5-16/h1-9,18H,10-14H2,(H,26,30)(H,27,31). The van der Waals surface area contributed by atoms with Crippen LogP contribution >= 0.6 is 0 Å². The second kappa shape index (κ2) is 9.63. The number of amides is 3. The van der Waals surface area contributed by atoms with E-state index in [1.165, 1.54) is 12.1 Å². The first kappa shape index (κ1) is 22.3. The van der Waals surface area contributed by atoms with Gasteiger partial charge in [-0.2, -0.15) is 13.2 Å². The molecule has 0 atom stereocenters. The highest BCUT2D eigenvalue weighted by atomic mass is 19.4. The average molecular weight is 433 g/mol. The fraction of sp³-hybridized carbons (Fsp3) is 0.318. The Kier molecular flexibility index (Phi) is 6.94. The molecular weight excluding hydrogens is 411 g/mol. The maximum absolute atomic E-state index is 12.7. The molecule has 2 N–H and O–H groups in total. The van der Waals surface area contributed by atoms with Crippen molar-refractivity contribution in [3.63, 3.8) is 0 Å². The van der Waals surface area contributed by atoms with E-state index < -0.39 is 18.6 Å². The molecule has 3 rings (SSSR count). The number of hydrogen-bond donors (Lipinski definition) is 2. The van der Waals surface area contributed by atoms with Crippen molar-refractivity contribution in [2.75, 3.05) is 13.1 Å². The third kappa shape index (κ3) is 6.84. The minimum absolute atomic E-state index is 0.0934. The van der Waals surface area contributed by atoms with E-state index in [-0.39, 0.29) is 36.5 Å². The third-order valence-electron chi connectivity index (χ3n) is 4.76. The molecule has 0 spiro atoms. The molecule has 2 aromatic rings. The minimum atomic E-state index is -4.48.